The van der Waals surface area contributed by atoms with Crippen LogP contribution in [0.3, 0.4) is 0 Å². The number of hydrogen-bond donors (Lipinski definition) is 1. The fourth-order valence-corrected chi connectivity index (χ4v) is 2.19. The maximum Gasteiger partial charge on any atom is 0.193 e. The Bertz CT molecular complexity index is 575. The number of benzene rings is 1. The van der Waals surface area contributed by atoms with Gasteiger partial charge in [0.15, 0.2) is 5.78 Å². The van der Waals surface area contributed by atoms with Gasteiger partial charge in [-0.05, 0) is 18.9 Å². The van der Waals surface area contributed by atoms with Crippen molar-refractivity contribution in [1.29, 1.82) is 0 Å². The summed E-state index contributed by atoms with van der Waals surface area (Å²) < 4.78 is 0. The van der Waals surface area contributed by atoms with Crippen LogP contribution in [0.4, 0.5) is 0 Å². The van der Waals surface area contributed by atoms with Crippen LogP contribution in [0.25, 0.3) is 11.4 Å². The van der Waals surface area contributed by atoms with Crippen LogP contribution in [0.5, 0.6) is 0 Å². The first-order chi connectivity index (χ1) is 8.67. The van der Waals surface area contributed by atoms with Crippen LogP contribution in [0.15, 0.2) is 24.3 Å². The molecule has 0 atom stereocenters. The second-order valence-electron chi connectivity index (χ2n) is 4.14. The number of halogens is 1. The molecule has 1 heterocycles. The minimum atomic E-state index is 0.0166. The van der Waals surface area contributed by atoms with E-state index in [0.29, 0.717) is 11.0 Å². The zero-order chi connectivity index (χ0) is 13.1. The molecule has 0 fully saturated rings. The van der Waals surface area contributed by atoms with Crippen LogP contribution < -0.4 is 0 Å². The zero-order valence-corrected chi connectivity index (χ0v) is 12.0. The molecule has 2 rings (SSSR count). The third-order valence-electron chi connectivity index (χ3n) is 2.92. The van der Waals surface area contributed by atoms with E-state index in [1.54, 1.807) is 0 Å². The van der Waals surface area contributed by atoms with Gasteiger partial charge in [0.25, 0.3) is 0 Å². The van der Waals surface area contributed by atoms with Gasteiger partial charge in [0.1, 0.15) is 11.5 Å². The molecule has 0 bridgehead atoms. The normalized spacial score (nSPS) is 10.6. The lowest BCUT2D eigenvalue weighted by molar-refractivity contribution is 0.101. The lowest BCUT2D eigenvalue weighted by atomic mass is 10.1. The van der Waals surface area contributed by atoms with Crippen LogP contribution >= 0.6 is 15.9 Å². The van der Waals surface area contributed by atoms with Crippen molar-refractivity contribution in [3.8, 4) is 11.4 Å². The van der Waals surface area contributed by atoms with Gasteiger partial charge in [-0.15, -0.1) is 0 Å². The molecule has 0 amide bonds. The average Bonchev–Trinajstić information content (AvgIpc) is 2.82. The molecule has 0 unspecified atom stereocenters. The van der Waals surface area contributed by atoms with Gasteiger partial charge >= 0.3 is 0 Å². The molecule has 0 aliphatic heterocycles. The number of hydrogen-bond acceptors (Lipinski definition) is 2. The first-order valence-electron chi connectivity index (χ1n) is 5.91. The molecule has 1 aromatic heterocycles. The smallest absolute Gasteiger partial charge is 0.193 e. The predicted octanol–water partition coefficient (Wildman–Crippen LogP) is 3.53. The number of H-pyrrole nitrogens is 1. The summed E-state index contributed by atoms with van der Waals surface area (Å²) in [6, 6.07) is 8.01. The van der Waals surface area contributed by atoms with E-state index in [9.17, 15) is 4.79 Å². The number of imidazole rings is 1. The molecule has 0 saturated carbocycles. The maximum absolute atomic E-state index is 11.8. The molecule has 0 saturated heterocycles. The predicted molar refractivity (Wildman–Crippen MR) is 76.3 cm³/mol. The molecule has 2 aromatic rings. The molecule has 1 aromatic carbocycles. The number of Topliss-reactive ketones (excluding diaryl/α,β-unsaturated/α-hetero) is 1. The second-order valence-corrected chi connectivity index (χ2v) is 4.70. The van der Waals surface area contributed by atoms with Crippen LogP contribution in [0.2, 0.25) is 0 Å². The summed E-state index contributed by atoms with van der Waals surface area (Å²) >= 11 is 3.19. The quantitative estimate of drug-likeness (QED) is 0.694. The van der Waals surface area contributed by atoms with E-state index >= 15 is 0 Å². The third-order valence-corrected chi connectivity index (χ3v) is 3.43. The van der Waals surface area contributed by atoms with Gasteiger partial charge < -0.3 is 4.98 Å². The summed E-state index contributed by atoms with van der Waals surface area (Å²) in [5, 5.41) is 0.304. The molecule has 3 nitrogen and oxygen atoms in total. The Kier molecular flexibility index (Phi) is 3.97. The van der Waals surface area contributed by atoms with Crippen LogP contribution in [0, 0.1) is 6.92 Å². The van der Waals surface area contributed by atoms with Crippen molar-refractivity contribution in [1.82, 2.24) is 9.97 Å². The number of nitrogens with zero attached hydrogens (tertiary/aromatic N) is 1. The van der Waals surface area contributed by atoms with Gasteiger partial charge in [-0.25, -0.2) is 4.98 Å². The highest BCUT2D eigenvalue weighted by Gasteiger charge is 2.16. The molecule has 0 spiro atoms. The van der Waals surface area contributed by atoms with Crippen molar-refractivity contribution in [3.05, 3.63) is 41.2 Å². The lowest BCUT2D eigenvalue weighted by Gasteiger charge is -2.00. The van der Waals surface area contributed by atoms with Gasteiger partial charge in [0.05, 0.1) is 5.33 Å². The monoisotopic (exact) mass is 306 g/mol. The zero-order valence-electron chi connectivity index (χ0n) is 10.5. The Morgan fingerprint density at radius 2 is 2.11 bits per heavy atom. The van der Waals surface area contributed by atoms with Crippen molar-refractivity contribution in [2.45, 2.75) is 20.3 Å². The van der Waals surface area contributed by atoms with E-state index in [0.717, 1.165) is 29.1 Å². The van der Waals surface area contributed by atoms with E-state index in [4.69, 9.17) is 0 Å². The second kappa shape index (κ2) is 5.48. The Balaban J connectivity index is 2.51. The van der Waals surface area contributed by atoms with Crippen LogP contribution in [-0.2, 0) is 6.42 Å². The number of aromatic amines is 1. The van der Waals surface area contributed by atoms with Crippen molar-refractivity contribution in [3.63, 3.8) is 0 Å². The first kappa shape index (κ1) is 13.0. The van der Waals surface area contributed by atoms with Crippen molar-refractivity contribution >= 4 is 21.7 Å². The highest BCUT2D eigenvalue weighted by molar-refractivity contribution is 9.09. The molecule has 1 N–H and O–H groups in total. The number of carbonyl (C=O) groups excluding carboxylic acids is 1. The Hall–Kier alpha value is -1.42. The highest BCUT2D eigenvalue weighted by atomic mass is 79.9. The fraction of sp³-hybridized carbons (Fsp3) is 0.286. The number of ketones is 1. The first-order valence-corrected chi connectivity index (χ1v) is 7.03. The van der Waals surface area contributed by atoms with E-state index in [-0.39, 0.29) is 5.78 Å². The summed E-state index contributed by atoms with van der Waals surface area (Å²) in [5.74, 6) is 0.789. The number of carbonyl (C=O) groups is 1. The van der Waals surface area contributed by atoms with Crippen molar-refractivity contribution in [2.75, 3.05) is 5.33 Å². The number of nitrogens with one attached hydrogen (secondary N) is 1. The van der Waals surface area contributed by atoms with Gasteiger partial charge in [-0.3, -0.25) is 4.79 Å². The van der Waals surface area contributed by atoms with Gasteiger partial charge in [-0.2, -0.15) is 0 Å². The number of alkyl halides is 1. The molecule has 0 aliphatic carbocycles. The molecule has 94 valence electrons. The number of aromatic nitrogens is 2. The SMILES string of the molecule is CCc1[nH]c(-c2ccccc2C)nc1C(=O)CBr. The Morgan fingerprint density at radius 1 is 1.39 bits per heavy atom. The van der Waals surface area contributed by atoms with Gasteiger partial charge in [0, 0.05) is 11.3 Å². The topological polar surface area (TPSA) is 45.8 Å². The van der Waals surface area contributed by atoms with Crippen molar-refractivity contribution in [2.24, 2.45) is 0 Å². The molecule has 18 heavy (non-hydrogen) atoms. The van der Waals surface area contributed by atoms with Crippen LogP contribution in [0.1, 0.15) is 28.7 Å². The van der Waals surface area contributed by atoms with Crippen molar-refractivity contribution < 1.29 is 4.79 Å². The number of aryl methyl sites for hydroxylation is 2. The maximum atomic E-state index is 11.8. The molecular weight excluding hydrogens is 292 g/mol. The van der Waals surface area contributed by atoms with E-state index in [1.165, 1.54) is 0 Å². The van der Waals surface area contributed by atoms with Crippen LogP contribution in [-0.4, -0.2) is 21.1 Å². The largest absolute Gasteiger partial charge is 0.341 e. The summed E-state index contributed by atoms with van der Waals surface area (Å²) in [4.78, 5) is 19.5. The third kappa shape index (κ3) is 2.38. The summed E-state index contributed by atoms with van der Waals surface area (Å²) in [7, 11) is 0. The highest BCUT2D eigenvalue weighted by Crippen LogP contribution is 2.22. The molecule has 0 aliphatic rings. The molecule has 4 heteroatoms. The molecular formula is C14H15BrN2O. The Labute approximate surface area is 115 Å². The van der Waals surface area contributed by atoms with E-state index < -0.39 is 0 Å². The lowest BCUT2D eigenvalue weighted by Crippen LogP contribution is -2.03. The van der Waals surface area contributed by atoms with E-state index in [2.05, 4.69) is 25.9 Å². The summed E-state index contributed by atoms with van der Waals surface area (Å²) in [6.07, 6.45) is 0.771. The van der Waals surface area contributed by atoms with E-state index in [1.807, 2.05) is 38.1 Å². The van der Waals surface area contributed by atoms with Gasteiger partial charge in [0.2, 0.25) is 0 Å². The summed E-state index contributed by atoms with van der Waals surface area (Å²) in [6.45, 7) is 4.05. The average molecular weight is 307 g/mol. The Morgan fingerprint density at radius 3 is 2.72 bits per heavy atom. The molecule has 0 radical (unpaired) electrons. The fourth-order valence-electron chi connectivity index (χ4n) is 1.93. The number of rotatable bonds is 4. The standard InChI is InChI=1S/C14H15BrN2O/c1-3-11-13(12(18)8-15)17-14(16-11)10-7-5-4-6-9(10)2/h4-7H,3,8H2,1-2H3,(H,16,17). The summed E-state index contributed by atoms with van der Waals surface area (Å²) in [5.41, 5.74) is 3.64. The minimum absolute atomic E-state index is 0.0166. The minimum Gasteiger partial charge on any atom is -0.341 e. The van der Waals surface area contributed by atoms with Gasteiger partial charge in [-0.1, -0.05) is 47.1 Å².